The Morgan fingerprint density at radius 3 is 2.67 bits per heavy atom. The Hall–Kier alpha value is -2.31. The zero-order chi connectivity index (χ0) is 16.9. The lowest BCUT2D eigenvalue weighted by Gasteiger charge is -2.26. The maximum absolute atomic E-state index is 14.5. The van der Waals surface area contributed by atoms with Crippen LogP contribution >= 0.6 is 0 Å². The largest absolute Gasteiger partial charge is 0.379 e. The van der Waals surface area contributed by atoms with Crippen LogP contribution in [0.5, 0.6) is 0 Å². The number of carbonyl (C=O) groups excluding carboxylic acids is 1. The molecule has 6 heteroatoms. The monoisotopic (exact) mass is 329 g/mol. The number of carbonyl (C=O) groups is 1. The maximum Gasteiger partial charge on any atom is 0.223 e. The van der Waals surface area contributed by atoms with Gasteiger partial charge in [0.05, 0.1) is 19.6 Å². The molecule has 0 radical (unpaired) electrons. The first-order valence-corrected chi connectivity index (χ1v) is 7.94. The molecule has 1 aliphatic heterocycles. The number of primary amides is 1. The number of amides is 1. The van der Waals surface area contributed by atoms with Gasteiger partial charge in [-0.05, 0) is 17.7 Å². The van der Waals surface area contributed by atoms with Crippen molar-refractivity contribution in [1.29, 1.82) is 0 Å². The topological polar surface area (TPSA) is 68.5 Å². The minimum absolute atomic E-state index is 0.0846. The number of hydrogen-bond acceptors (Lipinski definition) is 4. The number of hydrogen-bond donors (Lipinski definition) is 1. The summed E-state index contributed by atoms with van der Waals surface area (Å²) in [5, 5.41) is 0. The molecule has 1 fully saturated rings. The van der Waals surface area contributed by atoms with Gasteiger partial charge in [0, 0.05) is 42.7 Å². The average Bonchev–Trinajstić information content (AvgIpc) is 2.56. The molecular formula is C18H20FN3O2. The van der Waals surface area contributed by atoms with Gasteiger partial charge in [0.2, 0.25) is 5.91 Å². The fourth-order valence-corrected chi connectivity index (χ4v) is 2.78. The van der Waals surface area contributed by atoms with Crippen LogP contribution in [0.3, 0.4) is 0 Å². The second kappa shape index (κ2) is 7.51. The predicted octanol–water partition coefficient (Wildman–Crippen LogP) is 1.75. The van der Waals surface area contributed by atoms with E-state index in [1.54, 1.807) is 30.5 Å². The summed E-state index contributed by atoms with van der Waals surface area (Å²) in [7, 11) is 0. The third kappa shape index (κ3) is 4.15. The smallest absolute Gasteiger partial charge is 0.223 e. The molecule has 1 aliphatic rings. The van der Waals surface area contributed by atoms with Crippen molar-refractivity contribution < 1.29 is 13.9 Å². The van der Waals surface area contributed by atoms with Crippen LogP contribution in [0, 0.1) is 5.82 Å². The molecule has 5 nitrogen and oxygen atoms in total. The zero-order valence-electron chi connectivity index (χ0n) is 13.4. The lowest BCUT2D eigenvalue weighted by Crippen LogP contribution is -2.35. The fourth-order valence-electron chi connectivity index (χ4n) is 2.78. The van der Waals surface area contributed by atoms with Gasteiger partial charge in [-0.1, -0.05) is 18.2 Å². The first kappa shape index (κ1) is 16.5. The molecule has 1 saturated heterocycles. The molecule has 0 aliphatic carbocycles. The molecule has 2 N–H and O–H groups in total. The Bertz CT molecular complexity index is 713. The van der Waals surface area contributed by atoms with Crippen LogP contribution in [0.4, 0.5) is 4.39 Å². The van der Waals surface area contributed by atoms with Crippen LogP contribution in [0.2, 0.25) is 0 Å². The summed E-state index contributed by atoms with van der Waals surface area (Å²) in [5.41, 5.74) is 7.84. The number of ether oxygens (including phenoxy) is 1. The summed E-state index contributed by atoms with van der Waals surface area (Å²) in [6.07, 6.45) is 1.65. The van der Waals surface area contributed by atoms with Crippen molar-refractivity contribution in [2.45, 2.75) is 13.0 Å². The number of halogens is 1. The number of aromatic nitrogens is 1. The number of nitrogens with zero attached hydrogens (tertiary/aromatic N) is 2. The van der Waals surface area contributed by atoms with Crippen LogP contribution in [-0.4, -0.2) is 42.1 Å². The number of benzene rings is 1. The second-order valence-corrected chi connectivity index (χ2v) is 5.88. The predicted molar refractivity (Wildman–Crippen MR) is 88.6 cm³/mol. The van der Waals surface area contributed by atoms with Crippen molar-refractivity contribution >= 4 is 5.91 Å². The molecule has 0 unspecified atom stereocenters. The highest BCUT2D eigenvalue weighted by molar-refractivity contribution is 5.76. The fraction of sp³-hybridized carbons (Fsp3) is 0.333. The van der Waals surface area contributed by atoms with Crippen molar-refractivity contribution in [3.05, 3.63) is 53.6 Å². The Morgan fingerprint density at radius 2 is 2.04 bits per heavy atom. The first-order chi connectivity index (χ1) is 11.6. The Kier molecular flexibility index (Phi) is 5.17. The first-order valence-electron chi connectivity index (χ1n) is 7.94. The third-order valence-electron chi connectivity index (χ3n) is 4.03. The van der Waals surface area contributed by atoms with E-state index in [-0.39, 0.29) is 12.2 Å². The maximum atomic E-state index is 14.5. The summed E-state index contributed by atoms with van der Waals surface area (Å²) in [5.74, 6) is -0.709. The average molecular weight is 329 g/mol. The number of morpholine rings is 1. The molecule has 126 valence electrons. The Labute approximate surface area is 140 Å². The van der Waals surface area contributed by atoms with Gasteiger partial charge in [0.25, 0.3) is 0 Å². The van der Waals surface area contributed by atoms with E-state index in [0.717, 1.165) is 38.4 Å². The SMILES string of the molecule is NC(=O)Cc1ccc(-c2ccc(CN3CCOCC3)cc2F)cn1. The molecule has 1 aromatic heterocycles. The molecule has 3 rings (SSSR count). The molecular weight excluding hydrogens is 309 g/mol. The van der Waals surface area contributed by atoms with Crippen LogP contribution < -0.4 is 5.73 Å². The van der Waals surface area contributed by atoms with E-state index in [4.69, 9.17) is 10.5 Å². The molecule has 1 aromatic carbocycles. The van der Waals surface area contributed by atoms with Crippen molar-refractivity contribution in [1.82, 2.24) is 9.88 Å². The van der Waals surface area contributed by atoms with Gasteiger partial charge >= 0.3 is 0 Å². The van der Waals surface area contributed by atoms with Crippen LogP contribution in [-0.2, 0) is 22.5 Å². The van der Waals surface area contributed by atoms with E-state index in [0.29, 0.717) is 16.8 Å². The highest BCUT2D eigenvalue weighted by Gasteiger charge is 2.13. The van der Waals surface area contributed by atoms with Gasteiger partial charge in [-0.2, -0.15) is 0 Å². The van der Waals surface area contributed by atoms with Gasteiger partial charge in [-0.15, -0.1) is 0 Å². The quantitative estimate of drug-likeness (QED) is 0.907. The number of nitrogens with two attached hydrogens (primary N) is 1. The van der Waals surface area contributed by atoms with Crippen LogP contribution in [0.15, 0.2) is 36.5 Å². The van der Waals surface area contributed by atoms with Crippen molar-refractivity contribution in [2.24, 2.45) is 5.73 Å². The van der Waals surface area contributed by atoms with E-state index < -0.39 is 5.91 Å². The summed E-state index contributed by atoms with van der Waals surface area (Å²) < 4.78 is 19.8. The van der Waals surface area contributed by atoms with Gasteiger partial charge in [-0.3, -0.25) is 14.7 Å². The van der Waals surface area contributed by atoms with E-state index in [1.807, 2.05) is 6.07 Å². The molecule has 0 saturated carbocycles. The number of rotatable bonds is 5. The molecule has 2 heterocycles. The van der Waals surface area contributed by atoms with Crippen LogP contribution in [0.25, 0.3) is 11.1 Å². The van der Waals surface area contributed by atoms with E-state index in [2.05, 4.69) is 9.88 Å². The van der Waals surface area contributed by atoms with E-state index in [1.165, 1.54) is 0 Å². The molecule has 1 amide bonds. The lowest BCUT2D eigenvalue weighted by atomic mass is 10.0. The molecule has 0 spiro atoms. The lowest BCUT2D eigenvalue weighted by molar-refractivity contribution is -0.117. The van der Waals surface area contributed by atoms with E-state index >= 15 is 0 Å². The molecule has 0 bridgehead atoms. The van der Waals surface area contributed by atoms with Crippen LogP contribution in [0.1, 0.15) is 11.3 Å². The normalized spacial score (nSPS) is 15.4. The standard InChI is InChI=1S/C18H20FN3O2/c19-17-9-13(12-22-5-7-24-8-6-22)1-4-16(17)14-2-3-15(21-11-14)10-18(20)23/h1-4,9,11H,5-8,10,12H2,(H2,20,23). The van der Waals surface area contributed by atoms with Gasteiger partial charge < -0.3 is 10.5 Å². The summed E-state index contributed by atoms with van der Waals surface area (Å²) in [6, 6.07) is 8.73. The zero-order valence-corrected chi connectivity index (χ0v) is 13.4. The van der Waals surface area contributed by atoms with Gasteiger partial charge in [-0.25, -0.2) is 4.39 Å². The molecule has 24 heavy (non-hydrogen) atoms. The minimum atomic E-state index is -0.436. The molecule has 0 atom stereocenters. The second-order valence-electron chi connectivity index (χ2n) is 5.88. The summed E-state index contributed by atoms with van der Waals surface area (Å²) in [6.45, 7) is 3.91. The Morgan fingerprint density at radius 1 is 1.25 bits per heavy atom. The Balaban J connectivity index is 1.73. The van der Waals surface area contributed by atoms with Crippen molar-refractivity contribution in [2.75, 3.05) is 26.3 Å². The highest BCUT2D eigenvalue weighted by atomic mass is 19.1. The minimum Gasteiger partial charge on any atom is -0.379 e. The molecule has 2 aromatic rings. The third-order valence-corrected chi connectivity index (χ3v) is 4.03. The van der Waals surface area contributed by atoms with Gasteiger partial charge in [0.15, 0.2) is 0 Å². The number of pyridine rings is 1. The highest BCUT2D eigenvalue weighted by Crippen LogP contribution is 2.24. The van der Waals surface area contributed by atoms with E-state index in [9.17, 15) is 9.18 Å². The van der Waals surface area contributed by atoms with Crippen molar-refractivity contribution in [3.63, 3.8) is 0 Å². The van der Waals surface area contributed by atoms with Gasteiger partial charge in [0.1, 0.15) is 5.82 Å². The summed E-state index contributed by atoms with van der Waals surface area (Å²) >= 11 is 0. The van der Waals surface area contributed by atoms with Crippen molar-refractivity contribution in [3.8, 4) is 11.1 Å². The summed E-state index contributed by atoms with van der Waals surface area (Å²) in [4.78, 5) is 17.3.